The number of methoxy groups -OCH3 is 1. The normalized spacial score (nSPS) is 10.8. The Kier molecular flexibility index (Phi) is 3.78. The second kappa shape index (κ2) is 6.24. The van der Waals surface area contributed by atoms with Gasteiger partial charge in [-0.25, -0.2) is 9.78 Å². The third-order valence-corrected chi connectivity index (χ3v) is 4.16. The number of esters is 1. The quantitative estimate of drug-likeness (QED) is 0.555. The third-order valence-electron chi connectivity index (χ3n) is 4.16. The van der Waals surface area contributed by atoms with Crippen molar-refractivity contribution in [2.24, 2.45) is 0 Å². The molecule has 0 fully saturated rings. The first-order valence-electron chi connectivity index (χ1n) is 7.98. The van der Waals surface area contributed by atoms with Crippen LogP contribution in [0.4, 0.5) is 0 Å². The van der Waals surface area contributed by atoms with E-state index in [1.54, 1.807) is 12.1 Å². The molecule has 3 aromatic carbocycles. The van der Waals surface area contributed by atoms with Crippen LogP contribution in [0.2, 0.25) is 0 Å². The highest BCUT2D eigenvalue weighted by atomic mass is 16.5. The molecule has 0 bridgehead atoms. The third kappa shape index (κ3) is 2.90. The van der Waals surface area contributed by atoms with Gasteiger partial charge in [-0.15, -0.1) is 0 Å². The molecule has 0 aliphatic carbocycles. The summed E-state index contributed by atoms with van der Waals surface area (Å²) in [5.41, 5.74) is 5.63. The first-order valence-corrected chi connectivity index (χ1v) is 7.98. The summed E-state index contributed by atoms with van der Waals surface area (Å²) in [5.74, 6) is 0.511. The molecule has 0 aliphatic rings. The summed E-state index contributed by atoms with van der Waals surface area (Å²) in [5, 5.41) is 0. The molecule has 0 unspecified atom stereocenters. The summed E-state index contributed by atoms with van der Waals surface area (Å²) in [6.07, 6.45) is 0. The number of benzene rings is 3. The van der Waals surface area contributed by atoms with E-state index in [4.69, 9.17) is 4.74 Å². The minimum Gasteiger partial charge on any atom is -0.465 e. The van der Waals surface area contributed by atoms with Gasteiger partial charge in [0, 0.05) is 5.56 Å². The topological polar surface area (TPSA) is 55.0 Å². The second-order valence-electron chi connectivity index (χ2n) is 5.75. The largest absolute Gasteiger partial charge is 0.465 e. The number of fused-ring (bicyclic) bond motifs is 1. The van der Waals surface area contributed by atoms with Gasteiger partial charge in [0.1, 0.15) is 5.82 Å². The first kappa shape index (κ1) is 15.1. The van der Waals surface area contributed by atoms with E-state index in [9.17, 15) is 4.79 Å². The Balaban J connectivity index is 1.70. The monoisotopic (exact) mass is 328 g/mol. The number of carbonyl (C=O) groups is 1. The summed E-state index contributed by atoms with van der Waals surface area (Å²) in [7, 11) is 1.38. The molecule has 0 spiro atoms. The fraction of sp³-hybridized carbons (Fsp3) is 0.0476. The van der Waals surface area contributed by atoms with E-state index in [0.717, 1.165) is 33.5 Å². The maximum Gasteiger partial charge on any atom is 0.337 e. The number of carbonyl (C=O) groups excluding carboxylic acids is 1. The highest BCUT2D eigenvalue weighted by molar-refractivity contribution is 5.90. The van der Waals surface area contributed by atoms with Gasteiger partial charge < -0.3 is 9.72 Å². The molecule has 0 radical (unpaired) electrons. The molecule has 4 heteroatoms. The number of ether oxygens (including phenoxy) is 1. The average molecular weight is 328 g/mol. The molecule has 0 saturated carbocycles. The number of rotatable bonds is 3. The van der Waals surface area contributed by atoms with Crippen LogP contribution < -0.4 is 0 Å². The molecule has 0 saturated heterocycles. The molecule has 4 nitrogen and oxygen atoms in total. The Bertz CT molecular complexity index is 1020. The van der Waals surface area contributed by atoms with Gasteiger partial charge >= 0.3 is 5.97 Å². The lowest BCUT2D eigenvalue weighted by molar-refractivity contribution is 0.0601. The van der Waals surface area contributed by atoms with E-state index in [-0.39, 0.29) is 5.97 Å². The van der Waals surface area contributed by atoms with E-state index in [0.29, 0.717) is 5.56 Å². The predicted octanol–water partition coefficient (Wildman–Crippen LogP) is 4.68. The number of hydrogen-bond donors (Lipinski definition) is 1. The highest BCUT2D eigenvalue weighted by Gasteiger charge is 2.08. The zero-order chi connectivity index (χ0) is 17.2. The van der Waals surface area contributed by atoms with Gasteiger partial charge in [0.25, 0.3) is 0 Å². The summed E-state index contributed by atoms with van der Waals surface area (Å²) in [6.45, 7) is 0. The van der Waals surface area contributed by atoms with Crippen molar-refractivity contribution in [2.45, 2.75) is 0 Å². The van der Waals surface area contributed by atoms with Crippen molar-refractivity contribution in [1.29, 1.82) is 0 Å². The van der Waals surface area contributed by atoms with Gasteiger partial charge in [-0.3, -0.25) is 0 Å². The molecule has 0 aliphatic heterocycles. The van der Waals surface area contributed by atoms with Crippen molar-refractivity contribution in [2.75, 3.05) is 7.11 Å². The van der Waals surface area contributed by atoms with Crippen LogP contribution in [-0.4, -0.2) is 23.0 Å². The standard InChI is InChI=1S/C21H16N2O2/c1-25-21(24)15-11-9-14(10-12-15)16-5-4-6-17(13-16)20-22-18-7-2-3-8-19(18)23-20/h2-13H,1H3,(H,22,23). The van der Waals surface area contributed by atoms with Crippen molar-refractivity contribution >= 4 is 17.0 Å². The van der Waals surface area contributed by atoms with Crippen LogP contribution in [0.5, 0.6) is 0 Å². The Morgan fingerprint density at radius 1 is 0.880 bits per heavy atom. The fourth-order valence-electron chi connectivity index (χ4n) is 2.85. The predicted molar refractivity (Wildman–Crippen MR) is 98.3 cm³/mol. The fourth-order valence-corrected chi connectivity index (χ4v) is 2.85. The lowest BCUT2D eigenvalue weighted by Crippen LogP contribution is -2.00. The molecular formula is C21H16N2O2. The number of hydrogen-bond acceptors (Lipinski definition) is 3. The van der Waals surface area contributed by atoms with Crippen LogP contribution in [-0.2, 0) is 4.74 Å². The first-order chi connectivity index (χ1) is 12.2. The summed E-state index contributed by atoms with van der Waals surface area (Å²) in [6, 6.07) is 23.5. The van der Waals surface area contributed by atoms with E-state index in [2.05, 4.69) is 16.0 Å². The van der Waals surface area contributed by atoms with Crippen LogP contribution >= 0.6 is 0 Å². The summed E-state index contributed by atoms with van der Waals surface area (Å²) >= 11 is 0. The van der Waals surface area contributed by atoms with Gasteiger partial charge in [0.2, 0.25) is 0 Å². The van der Waals surface area contributed by atoms with Gasteiger partial charge in [0.15, 0.2) is 0 Å². The second-order valence-corrected chi connectivity index (χ2v) is 5.75. The van der Waals surface area contributed by atoms with Crippen LogP contribution in [0.25, 0.3) is 33.5 Å². The zero-order valence-corrected chi connectivity index (χ0v) is 13.7. The van der Waals surface area contributed by atoms with E-state index < -0.39 is 0 Å². The molecule has 1 aromatic heterocycles. The minimum absolute atomic E-state index is 0.331. The van der Waals surface area contributed by atoms with Gasteiger partial charge in [0.05, 0.1) is 23.7 Å². The Hall–Kier alpha value is -3.40. The average Bonchev–Trinajstić information content (AvgIpc) is 3.12. The Labute approximate surface area is 145 Å². The molecule has 4 aromatic rings. The molecular weight excluding hydrogens is 312 g/mol. The lowest BCUT2D eigenvalue weighted by atomic mass is 10.0. The van der Waals surface area contributed by atoms with E-state index >= 15 is 0 Å². The van der Waals surface area contributed by atoms with Gasteiger partial charge in [-0.05, 0) is 41.5 Å². The summed E-state index contributed by atoms with van der Waals surface area (Å²) in [4.78, 5) is 19.6. The zero-order valence-electron chi connectivity index (χ0n) is 13.7. The number of H-pyrrole nitrogens is 1. The molecule has 4 rings (SSSR count). The molecule has 25 heavy (non-hydrogen) atoms. The molecule has 1 heterocycles. The highest BCUT2D eigenvalue weighted by Crippen LogP contribution is 2.26. The van der Waals surface area contributed by atoms with E-state index in [1.165, 1.54) is 7.11 Å². The number of nitrogens with zero attached hydrogens (tertiary/aromatic N) is 1. The smallest absolute Gasteiger partial charge is 0.337 e. The van der Waals surface area contributed by atoms with Gasteiger partial charge in [-0.2, -0.15) is 0 Å². The summed E-state index contributed by atoms with van der Waals surface area (Å²) < 4.78 is 4.74. The lowest BCUT2D eigenvalue weighted by Gasteiger charge is -2.05. The maximum absolute atomic E-state index is 11.6. The van der Waals surface area contributed by atoms with Gasteiger partial charge in [-0.1, -0.05) is 42.5 Å². The van der Waals surface area contributed by atoms with Crippen molar-refractivity contribution < 1.29 is 9.53 Å². The number of para-hydroxylation sites is 2. The number of nitrogens with one attached hydrogen (secondary N) is 1. The van der Waals surface area contributed by atoms with Crippen molar-refractivity contribution in [1.82, 2.24) is 9.97 Å². The molecule has 0 amide bonds. The Morgan fingerprint density at radius 2 is 1.64 bits per heavy atom. The van der Waals surface area contributed by atoms with Crippen molar-refractivity contribution in [3.63, 3.8) is 0 Å². The SMILES string of the molecule is COC(=O)c1ccc(-c2cccc(-c3nc4ccccc4[nH]3)c2)cc1. The van der Waals surface area contributed by atoms with Crippen LogP contribution in [0.15, 0.2) is 72.8 Å². The van der Waals surface area contributed by atoms with Crippen LogP contribution in [0.1, 0.15) is 10.4 Å². The molecule has 122 valence electrons. The number of imidazole rings is 1. The Morgan fingerprint density at radius 3 is 2.40 bits per heavy atom. The maximum atomic E-state index is 11.6. The van der Waals surface area contributed by atoms with E-state index in [1.807, 2.05) is 54.6 Å². The molecule has 1 N–H and O–H groups in total. The molecule has 0 atom stereocenters. The van der Waals surface area contributed by atoms with Crippen LogP contribution in [0, 0.1) is 0 Å². The number of aromatic amines is 1. The van der Waals surface area contributed by atoms with Crippen molar-refractivity contribution in [3.05, 3.63) is 78.4 Å². The van der Waals surface area contributed by atoms with Crippen LogP contribution in [0.3, 0.4) is 0 Å². The number of aromatic nitrogens is 2. The minimum atomic E-state index is -0.331. The van der Waals surface area contributed by atoms with Crippen molar-refractivity contribution in [3.8, 4) is 22.5 Å².